The molecule has 3 aromatic rings. The predicted octanol–water partition coefficient (Wildman–Crippen LogP) is 5.40. The average Bonchev–Trinajstić information content (AvgIpc) is 3.55. The Kier molecular flexibility index (Phi) is 6.44. The molecule has 4 heterocycles. The van der Waals surface area contributed by atoms with E-state index in [1.165, 1.54) is 43.5 Å². The molecule has 2 atom stereocenters. The highest BCUT2D eigenvalue weighted by Crippen LogP contribution is 2.43. The first kappa shape index (κ1) is 22.6. The molecule has 0 amide bonds. The van der Waals surface area contributed by atoms with Gasteiger partial charge >= 0.3 is 0 Å². The number of pyridine rings is 1. The molecule has 3 fully saturated rings. The van der Waals surface area contributed by atoms with E-state index < -0.39 is 0 Å². The van der Waals surface area contributed by atoms with Gasteiger partial charge in [0.15, 0.2) is 5.11 Å². The minimum atomic E-state index is -0.0140. The molecule has 1 N–H and O–H groups in total. The molecule has 1 aromatic carbocycles. The maximum absolute atomic E-state index is 5.96. The Labute approximate surface area is 212 Å². The molecule has 7 heteroatoms. The Morgan fingerprint density at radius 1 is 0.886 bits per heavy atom. The smallest absolute Gasteiger partial charge is 0.174 e. The van der Waals surface area contributed by atoms with Crippen LogP contribution in [0.1, 0.15) is 61.6 Å². The zero-order chi connectivity index (χ0) is 23.6. The lowest BCUT2D eigenvalue weighted by Crippen LogP contribution is -2.36. The number of aromatic nitrogens is 2. The van der Waals surface area contributed by atoms with Gasteiger partial charge in [-0.15, -0.1) is 0 Å². The maximum Gasteiger partial charge on any atom is 0.174 e. The average molecular weight is 488 g/mol. The molecular weight excluding hydrogens is 454 g/mol. The Balaban J connectivity index is 1.38. The van der Waals surface area contributed by atoms with Crippen LogP contribution in [0.5, 0.6) is 0 Å². The van der Waals surface area contributed by atoms with Gasteiger partial charge in [0.2, 0.25) is 0 Å². The number of anilines is 2. The van der Waals surface area contributed by atoms with Gasteiger partial charge in [0.25, 0.3) is 0 Å². The number of ether oxygens (including phenoxy) is 1. The van der Waals surface area contributed by atoms with Crippen molar-refractivity contribution in [1.82, 2.24) is 14.9 Å². The summed E-state index contributed by atoms with van der Waals surface area (Å²) in [6.45, 7) is 3.44. The van der Waals surface area contributed by atoms with Gasteiger partial charge in [-0.1, -0.05) is 25.3 Å². The fourth-order valence-electron chi connectivity index (χ4n) is 5.93. The molecule has 6 rings (SSSR count). The summed E-state index contributed by atoms with van der Waals surface area (Å²) < 4.78 is 8.05. The standard InChI is InChI=1S/C28H33N5OS/c35-28-30-26(24-9-4-5-15-29-24)27(25-10-6-16-32(25)22-7-2-1-3-8-22)33(28)23-13-11-21(12-14-23)31-17-19-34-20-18-31/h4-6,9-16,22,26-27H,1-3,7-8,17-20H2,(H,30,35)/t26-,27-/m0/s1. The summed E-state index contributed by atoms with van der Waals surface area (Å²) in [5, 5.41) is 4.37. The van der Waals surface area contributed by atoms with Gasteiger partial charge in [0, 0.05) is 48.6 Å². The lowest BCUT2D eigenvalue weighted by atomic mass is 9.94. The second kappa shape index (κ2) is 9.99. The second-order valence-electron chi connectivity index (χ2n) is 9.74. The van der Waals surface area contributed by atoms with Crippen molar-refractivity contribution in [2.24, 2.45) is 0 Å². The summed E-state index contributed by atoms with van der Waals surface area (Å²) in [5.74, 6) is 0. The molecule has 2 aromatic heterocycles. The van der Waals surface area contributed by atoms with Crippen molar-refractivity contribution < 1.29 is 4.74 Å². The number of rotatable bonds is 5. The van der Waals surface area contributed by atoms with E-state index in [0.717, 1.165) is 42.8 Å². The van der Waals surface area contributed by atoms with Gasteiger partial charge in [-0.2, -0.15) is 0 Å². The highest BCUT2D eigenvalue weighted by Gasteiger charge is 2.42. The number of morpholine rings is 1. The summed E-state index contributed by atoms with van der Waals surface area (Å²) in [6, 6.07) is 20.0. The normalized spacial score (nSPS) is 23.5. The summed E-state index contributed by atoms with van der Waals surface area (Å²) >= 11 is 5.96. The first-order chi connectivity index (χ1) is 17.3. The largest absolute Gasteiger partial charge is 0.378 e. The first-order valence-electron chi connectivity index (χ1n) is 12.9. The number of benzene rings is 1. The van der Waals surface area contributed by atoms with E-state index in [-0.39, 0.29) is 12.1 Å². The third-order valence-electron chi connectivity index (χ3n) is 7.69. The second-order valence-corrected chi connectivity index (χ2v) is 10.1. The molecular formula is C28H33N5OS. The Morgan fingerprint density at radius 3 is 2.40 bits per heavy atom. The number of hydrogen-bond acceptors (Lipinski definition) is 4. The number of thiocarbonyl (C=S) groups is 1. The SMILES string of the molecule is S=C1N[C@@H](c2ccccn2)[C@H](c2cccn2C2CCCCC2)N1c1ccc(N2CCOCC2)cc1. The van der Waals surface area contributed by atoms with E-state index in [9.17, 15) is 0 Å². The molecule has 0 bridgehead atoms. The fourth-order valence-corrected chi connectivity index (χ4v) is 6.27. The zero-order valence-corrected chi connectivity index (χ0v) is 20.9. The van der Waals surface area contributed by atoms with Crippen molar-refractivity contribution in [1.29, 1.82) is 0 Å². The van der Waals surface area contributed by atoms with Gasteiger partial charge in [-0.05, 0) is 73.6 Å². The first-order valence-corrected chi connectivity index (χ1v) is 13.3. The Bertz CT molecular complexity index is 1140. The van der Waals surface area contributed by atoms with E-state index in [4.69, 9.17) is 21.9 Å². The predicted molar refractivity (Wildman–Crippen MR) is 144 cm³/mol. The molecule has 3 aliphatic rings. The highest BCUT2D eigenvalue weighted by molar-refractivity contribution is 7.80. The van der Waals surface area contributed by atoms with Gasteiger partial charge in [0.05, 0.1) is 24.9 Å². The number of nitrogens with one attached hydrogen (secondary N) is 1. The van der Waals surface area contributed by atoms with Crippen LogP contribution in [0, 0.1) is 0 Å². The highest BCUT2D eigenvalue weighted by atomic mass is 32.1. The molecule has 0 spiro atoms. The van der Waals surface area contributed by atoms with E-state index in [1.807, 2.05) is 12.3 Å². The van der Waals surface area contributed by atoms with E-state index >= 15 is 0 Å². The van der Waals surface area contributed by atoms with Crippen LogP contribution in [0.3, 0.4) is 0 Å². The van der Waals surface area contributed by atoms with Crippen molar-refractivity contribution in [3.63, 3.8) is 0 Å². The fraction of sp³-hybridized carbons (Fsp3) is 0.429. The van der Waals surface area contributed by atoms with Crippen LogP contribution < -0.4 is 15.1 Å². The quantitative estimate of drug-likeness (QED) is 0.486. The topological polar surface area (TPSA) is 45.6 Å². The zero-order valence-electron chi connectivity index (χ0n) is 20.1. The molecule has 6 nitrogen and oxygen atoms in total. The summed E-state index contributed by atoms with van der Waals surface area (Å²) in [4.78, 5) is 9.41. The van der Waals surface area contributed by atoms with Gasteiger partial charge in [-0.25, -0.2) is 0 Å². The number of nitrogens with zero attached hydrogens (tertiary/aromatic N) is 4. The van der Waals surface area contributed by atoms with Crippen molar-refractivity contribution >= 4 is 28.7 Å². The molecule has 182 valence electrons. The molecule has 2 saturated heterocycles. The van der Waals surface area contributed by atoms with Crippen LogP contribution in [-0.4, -0.2) is 41.0 Å². The molecule has 0 radical (unpaired) electrons. The monoisotopic (exact) mass is 487 g/mol. The van der Waals surface area contributed by atoms with E-state index in [0.29, 0.717) is 6.04 Å². The third-order valence-corrected chi connectivity index (χ3v) is 8.00. The van der Waals surface area contributed by atoms with Crippen molar-refractivity contribution in [3.8, 4) is 0 Å². The lowest BCUT2D eigenvalue weighted by Gasteiger charge is -2.33. The van der Waals surface area contributed by atoms with Crippen molar-refractivity contribution in [3.05, 3.63) is 78.4 Å². The van der Waals surface area contributed by atoms with Gasteiger partial charge < -0.3 is 24.4 Å². The lowest BCUT2D eigenvalue weighted by molar-refractivity contribution is 0.122. The van der Waals surface area contributed by atoms with Gasteiger partial charge in [0.1, 0.15) is 6.04 Å². The summed E-state index contributed by atoms with van der Waals surface area (Å²) in [7, 11) is 0. The van der Waals surface area contributed by atoms with Crippen molar-refractivity contribution in [2.45, 2.75) is 50.2 Å². The number of hydrogen-bond donors (Lipinski definition) is 1. The van der Waals surface area contributed by atoms with E-state index in [2.05, 4.69) is 74.4 Å². The molecule has 0 unspecified atom stereocenters. The summed E-state index contributed by atoms with van der Waals surface area (Å²) in [6.07, 6.45) is 10.6. The minimum absolute atomic E-state index is 0.0140. The molecule has 35 heavy (non-hydrogen) atoms. The van der Waals surface area contributed by atoms with Gasteiger partial charge in [-0.3, -0.25) is 4.98 Å². The van der Waals surface area contributed by atoms with Crippen LogP contribution in [0.25, 0.3) is 0 Å². The Morgan fingerprint density at radius 2 is 1.66 bits per heavy atom. The molecule has 1 saturated carbocycles. The third kappa shape index (κ3) is 4.43. The molecule has 2 aliphatic heterocycles. The van der Waals surface area contributed by atoms with Crippen LogP contribution in [0.2, 0.25) is 0 Å². The minimum Gasteiger partial charge on any atom is -0.378 e. The maximum atomic E-state index is 5.96. The van der Waals surface area contributed by atoms with E-state index in [1.54, 1.807) is 0 Å². The summed E-state index contributed by atoms with van der Waals surface area (Å²) in [5.41, 5.74) is 4.67. The Hall–Kier alpha value is -2.90. The van der Waals surface area contributed by atoms with Crippen LogP contribution in [0.15, 0.2) is 67.0 Å². The van der Waals surface area contributed by atoms with Crippen molar-refractivity contribution in [2.75, 3.05) is 36.1 Å². The van der Waals surface area contributed by atoms with Crippen LogP contribution in [0.4, 0.5) is 11.4 Å². The van der Waals surface area contributed by atoms with Crippen LogP contribution >= 0.6 is 12.2 Å². The van der Waals surface area contributed by atoms with Crippen LogP contribution in [-0.2, 0) is 4.74 Å². The molecule has 1 aliphatic carbocycles.